The van der Waals surface area contributed by atoms with Crippen molar-refractivity contribution in [2.24, 2.45) is 0 Å². The monoisotopic (exact) mass is 399 g/mol. The van der Waals surface area contributed by atoms with Crippen LogP contribution in [0, 0.1) is 6.92 Å². The number of thiazole rings is 1. The third-order valence-electron chi connectivity index (χ3n) is 6.54. The summed E-state index contributed by atoms with van der Waals surface area (Å²) >= 11 is 1.63. The third kappa shape index (κ3) is 3.32. The van der Waals surface area contributed by atoms with Crippen molar-refractivity contribution < 1.29 is 9.59 Å². The van der Waals surface area contributed by atoms with Gasteiger partial charge in [-0.25, -0.2) is 4.98 Å². The highest BCUT2D eigenvalue weighted by Crippen LogP contribution is 2.44. The SMILES string of the molecule is CCN(C(C)=O)C1CN(C(=O)c2ccc3nc(C)sc3c2)C2(CCCCC2)C1. The predicted molar refractivity (Wildman–Crippen MR) is 113 cm³/mol. The van der Waals surface area contributed by atoms with E-state index in [0.29, 0.717) is 13.1 Å². The zero-order valence-corrected chi connectivity index (χ0v) is 17.8. The molecule has 4 rings (SSSR count). The van der Waals surface area contributed by atoms with Crippen molar-refractivity contribution in [3.8, 4) is 0 Å². The van der Waals surface area contributed by atoms with Gasteiger partial charge in [-0.2, -0.15) is 0 Å². The van der Waals surface area contributed by atoms with Gasteiger partial charge in [-0.3, -0.25) is 9.59 Å². The van der Waals surface area contributed by atoms with E-state index in [4.69, 9.17) is 0 Å². The van der Waals surface area contributed by atoms with E-state index in [0.717, 1.165) is 52.9 Å². The molecule has 1 aromatic heterocycles. The molecule has 1 unspecified atom stereocenters. The van der Waals surface area contributed by atoms with E-state index in [1.165, 1.54) is 6.42 Å². The highest BCUT2D eigenvalue weighted by atomic mass is 32.1. The van der Waals surface area contributed by atoms with Gasteiger partial charge in [-0.15, -0.1) is 11.3 Å². The van der Waals surface area contributed by atoms with Crippen molar-refractivity contribution in [2.45, 2.75) is 70.9 Å². The summed E-state index contributed by atoms with van der Waals surface area (Å²) in [5.74, 6) is 0.214. The molecular weight excluding hydrogens is 370 g/mol. The maximum atomic E-state index is 13.6. The van der Waals surface area contributed by atoms with Crippen LogP contribution in [0.4, 0.5) is 0 Å². The van der Waals surface area contributed by atoms with E-state index in [2.05, 4.69) is 9.88 Å². The number of carbonyl (C=O) groups excluding carboxylic acids is 2. The molecule has 1 aromatic carbocycles. The molecule has 1 aliphatic heterocycles. The largest absolute Gasteiger partial charge is 0.338 e. The van der Waals surface area contributed by atoms with Crippen LogP contribution in [0.1, 0.15) is 67.7 Å². The minimum absolute atomic E-state index is 0.0958. The second kappa shape index (κ2) is 7.47. The highest BCUT2D eigenvalue weighted by Gasteiger charge is 2.49. The fourth-order valence-corrected chi connectivity index (χ4v) is 6.14. The lowest BCUT2D eigenvalue weighted by atomic mass is 9.79. The molecule has 6 heteroatoms. The van der Waals surface area contributed by atoms with E-state index in [1.807, 2.05) is 36.9 Å². The molecule has 1 saturated heterocycles. The Morgan fingerprint density at radius 3 is 2.71 bits per heavy atom. The van der Waals surface area contributed by atoms with Gasteiger partial charge >= 0.3 is 0 Å². The van der Waals surface area contributed by atoms with Crippen LogP contribution in [0.5, 0.6) is 0 Å². The van der Waals surface area contributed by atoms with E-state index < -0.39 is 0 Å². The molecule has 0 bridgehead atoms. The number of aromatic nitrogens is 1. The Kier molecular flexibility index (Phi) is 5.17. The lowest BCUT2D eigenvalue weighted by Gasteiger charge is -2.41. The van der Waals surface area contributed by atoms with Crippen molar-refractivity contribution in [1.29, 1.82) is 0 Å². The molecular formula is C22H29N3O2S. The minimum Gasteiger partial charge on any atom is -0.338 e. The predicted octanol–water partition coefficient (Wildman–Crippen LogP) is 4.39. The lowest BCUT2D eigenvalue weighted by molar-refractivity contribution is -0.130. The fourth-order valence-electron chi connectivity index (χ4n) is 5.28. The van der Waals surface area contributed by atoms with Gasteiger partial charge in [0.05, 0.1) is 21.3 Å². The molecule has 2 heterocycles. The Morgan fingerprint density at radius 2 is 2.04 bits per heavy atom. The van der Waals surface area contributed by atoms with Gasteiger partial charge in [0.1, 0.15) is 0 Å². The standard InChI is InChI=1S/C22H29N3O2S/c1-4-24(16(3)26)18-13-22(10-6-5-7-11-22)25(14-18)21(27)17-8-9-19-20(12-17)28-15(2)23-19/h8-9,12,18H,4-7,10-11,13-14H2,1-3H3. The van der Waals surface area contributed by atoms with Gasteiger partial charge in [-0.1, -0.05) is 19.3 Å². The van der Waals surface area contributed by atoms with E-state index >= 15 is 0 Å². The summed E-state index contributed by atoms with van der Waals surface area (Å²) in [4.78, 5) is 34.3. The first-order valence-electron chi connectivity index (χ1n) is 10.4. The Hall–Kier alpha value is -1.95. The lowest BCUT2D eigenvalue weighted by Crippen LogP contribution is -2.48. The molecule has 2 aliphatic rings. The number of benzene rings is 1. The molecule has 5 nitrogen and oxygen atoms in total. The van der Waals surface area contributed by atoms with Gasteiger partial charge in [0, 0.05) is 31.1 Å². The van der Waals surface area contributed by atoms with Crippen molar-refractivity contribution in [3.63, 3.8) is 0 Å². The number of likely N-dealkylation sites (N-methyl/N-ethyl adjacent to an activating group) is 1. The zero-order valence-electron chi connectivity index (χ0n) is 17.0. The maximum absolute atomic E-state index is 13.6. The normalized spacial score (nSPS) is 21.4. The molecule has 1 saturated carbocycles. The Bertz CT molecular complexity index is 900. The van der Waals surface area contributed by atoms with Crippen molar-refractivity contribution in [1.82, 2.24) is 14.8 Å². The molecule has 2 aromatic rings. The number of hydrogen-bond acceptors (Lipinski definition) is 4. The maximum Gasteiger partial charge on any atom is 0.254 e. The quantitative estimate of drug-likeness (QED) is 0.769. The molecule has 28 heavy (non-hydrogen) atoms. The van der Waals surface area contributed by atoms with Crippen LogP contribution in [-0.4, -0.2) is 51.3 Å². The van der Waals surface area contributed by atoms with Gasteiger partial charge in [0.2, 0.25) is 5.91 Å². The van der Waals surface area contributed by atoms with Crippen molar-refractivity contribution in [3.05, 3.63) is 28.8 Å². The number of likely N-dealkylation sites (tertiary alicyclic amines) is 1. The first kappa shape index (κ1) is 19.4. The van der Waals surface area contributed by atoms with Crippen molar-refractivity contribution >= 4 is 33.4 Å². The van der Waals surface area contributed by atoms with Crippen LogP contribution in [0.15, 0.2) is 18.2 Å². The summed E-state index contributed by atoms with van der Waals surface area (Å²) in [5.41, 5.74) is 1.61. The highest BCUT2D eigenvalue weighted by molar-refractivity contribution is 7.18. The van der Waals surface area contributed by atoms with Gasteiger partial charge < -0.3 is 9.80 Å². The Labute approximate surface area is 170 Å². The minimum atomic E-state index is -0.0958. The van der Waals surface area contributed by atoms with Gasteiger partial charge in [0.25, 0.3) is 5.91 Å². The molecule has 150 valence electrons. The van der Waals surface area contributed by atoms with E-state index in [1.54, 1.807) is 18.3 Å². The Morgan fingerprint density at radius 1 is 1.29 bits per heavy atom. The fraction of sp³-hybridized carbons (Fsp3) is 0.591. The average Bonchev–Trinajstić information content (AvgIpc) is 3.21. The number of amides is 2. The number of aryl methyl sites for hydroxylation is 1. The topological polar surface area (TPSA) is 53.5 Å². The molecule has 1 aliphatic carbocycles. The number of rotatable bonds is 3. The first-order chi connectivity index (χ1) is 13.4. The third-order valence-corrected chi connectivity index (χ3v) is 7.47. The molecule has 2 amide bonds. The van der Waals surface area contributed by atoms with Crippen LogP contribution in [0.3, 0.4) is 0 Å². The van der Waals surface area contributed by atoms with Crippen molar-refractivity contribution in [2.75, 3.05) is 13.1 Å². The van der Waals surface area contributed by atoms with E-state index in [9.17, 15) is 9.59 Å². The first-order valence-corrected chi connectivity index (χ1v) is 11.2. The van der Waals surface area contributed by atoms with Crippen LogP contribution in [0.25, 0.3) is 10.2 Å². The molecule has 1 atom stereocenters. The number of hydrogen-bond donors (Lipinski definition) is 0. The molecule has 2 fully saturated rings. The summed E-state index contributed by atoms with van der Waals surface area (Å²) in [6.07, 6.45) is 6.57. The van der Waals surface area contributed by atoms with Gasteiger partial charge in [0.15, 0.2) is 0 Å². The summed E-state index contributed by atoms with van der Waals surface area (Å²) in [7, 11) is 0. The average molecular weight is 400 g/mol. The molecule has 0 radical (unpaired) electrons. The summed E-state index contributed by atoms with van der Waals surface area (Å²) < 4.78 is 1.07. The van der Waals surface area contributed by atoms with E-state index in [-0.39, 0.29) is 23.4 Å². The second-order valence-electron chi connectivity index (χ2n) is 8.28. The number of carbonyl (C=O) groups is 2. The number of nitrogens with zero attached hydrogens (tertiary/aromatic N) is 3. The Balaban J connectivity index is 1.67. The molecule has 0 N–H and O–H groups in total. The number of fused-ring (bicyclic) bond motifs is 1. The summed E-state index contributed by atoms with van der Waals surface area (Å²) in [6.45, 7) is 7.01. The van der Waals surface area contributed by atoms with Crippen LogP contribution >= 0.6 is 11.3 Å². The zero-order chi connectivity index (χ0) is 19.9. The van der Waals surface area contributed by atoms with Crippen LogP contribution in [-0.2, 0) is 4.79 Å². The summed E-state index contributed by atoms with van der Waals surface area (Å²) in [5, 5.41) is 1.02. The van der Waals surface area contributed by atoms with Crippen LogP contribution in [0.2, 0.25) is 0 Å². The summed E-state index contributed by atoms with van der Waals surface area (Å²) in [6, 6.07) is 5.99. The second-order valence-corrected chi connectivity index (χ2v) is 9.51. The van der Waals surface area contributed by atoms with Gasteiger partial charge in [-0.05, 0) is 51.3 Å². The molecule has 1 spiro atoms. The van der Waals surface area contributed by atoms with Crippen LogP contribution < -0.4 is 0 Å². The smallest absolute Gasteiger partial charge is 0.254 e.